The molecule has 1 aliphatic rings. The number of hydrogen-bond donors (Lipinski definition) is 0. The summed E-state index contributed by atoms with van der Waals surface area (Å²) in [7, 11) is 0. The molecular formula is C11H15ClOS. The van der Waals surface area contributed by atoms with Crippen LogP contribution in [-0.2, 0) is 4.74 Å². The number of halogens is 1. The number of ether oxygens (including phenoxy) is 1. The van der Waals surface area contributed by atoms with Gasteiger partial charge in [-0.15, -0.1) is 22.9 Å². The molecule has 1 saturated heterocycles. The van der Waals surface area contributed by atoms with E-state index in [4.69, 9.17) is 16.3 Å². The van der Waals surface area contributed by atoms with Crippen molar-refractivity contribution in [1.82, 2.24) is 0 Å². The molecule has 2 rings (SSSR count). The third-order valence-corrected chi connectivity index (χ3v) is 4.48. The topological polar surface area (TPSA) is 9.23 Å². The monoisotopic (exact) mass is 230 g/mol. The van der Waals surface area contributed by atoms with Crippen LogP contribution in [0.15, 0.2) is 12.1 Å². The van der Waals surface area contributed by atoms with E-state index in [-0.39, 0.29) is 5.38 Å². The first kappa shape index (κ1) is 10.5. The molecule has 3 atom stereocenters. The minimum Gasteiger partial charge on any atom is -0.378 e. The summed E-state index contributed by atoms with van der Waals surface area (Å²) < 4.78 is 5.54. The molecule has 78 valence electrons. The van der Waals surface area contributed by atoms with Crippen LogP contribution in [-0.4, -0.2) is 12.7 Å². The van der Waals surface area contributed by atoms with E-state index in [1.165, 1.54) is 9.75 Å². The molecule has 1 aliphatic heterocycles. The van der Waals surface area contributed by atoms with Crippen molar-refractivity contribution in [2.24, 2.45) is 5.92 Å². The van der Waals surface area contributed by atoms with E-state index in [1.807, 2.05) is 0 Å². The molecule has 0 aromatic carbocycles. The highest BCUT2D eigenvalue weighted by molar-refractivity contribution is 7.12. The van der Waals surface area contributed by atoms with Gasteiger partial charge in [0.1, 0.15) is 0 Å². The van der Waals surface area contributed by atoms with Gasteiger partial charge in [-0.25, -0.2) is 0 Å². The summed E-state index contributed by atoms with van der Waals surface area (Å²) in [6.45, 7) is 5.04. The second kappa shape index (κ2) is 4.21. The maximum atomic E-state index is 6.42. The first-order chi connectivity index (χ1) is 6.66. The molecule has 2 heterocycles. The zero-order valence-electron chi connectivity index (χ0n) is 8.50. The van der Waals surface area contributed by atoms with Crippen molar-refractivity contribution in [1.29, 1.82) is 0 Å². The second-order valence-corrected chi connectivity index (χ2v) is 5.78. The summed E-state index contributed by atoms with van der Waals surface area (Å²) in [5.74, 6) is 0.490. The van der Waals surface area contributed by atoms with Gasteiger partial charge in [-0.05, 0) is 32.4 Å². The number of hydrogen-bond acceptors (Lipinski definition) is 2. The first-order valence-corrected chi connectivity index (χ1v) is 6.24. The Bertz CT molecular complexity index is 310. The lowest BCUT2D eigenvalue weighted by atomic mass is 10.0. The average molecular weight is 231 g/mol. The standard InChI is InChI=1S/C11H15ClOS/c1-7-5-9(6-13-7)11(12)10-4-3-8(2)14-10/h3-4,7,9,11H,5-6H2,1-2H3. The van der Waals surface area contributed by atoms with E-state index in [2.05, 4.69) is 26.0 Å². The SMILES string of the molecule is Cc1ccc(C(Cl)C2COC(C)C2)s1. The molecule has 14 heavy (non-hydrogen) atoms. The van der Waals surface area contributed by atoms with Gasteiger partial charge in [0.25, 0.3) is 0 Å². The molecule has 0 spiro atoms. The van der Waals surface area contributed by atoms with Crippen LogP contribution in [0.1, 0.15) is 28.5 Å². The van der Waals surface area contributed by atoms with Crippen molar-refractivity contribution in [2.45, 2.75) is 31.7 Å². The smallest absolute Gasteiger partial charge is 0.0729 e. The van der Waals surface area contributed by atoms with E-state index in [0.29, 0.717) is 12.0 Å². The van der Waals surface area contributed by atoms with Gasteiger partial charge in [-0.1, -0.05) is 0 Å². The predicted molar refractivity (Wildman–Crippen MR) is 61.2 cm³/mol. The van der Waals surface area contributed by atoms with Crippen molar-refractivity contribution in [2.75, 3.05) is 6.61 Å². The Morgan fingerprint density at radius 2 is 2.36 bits per heavy atom. The number of aryl methyl sites for hydroxylation is 1. The van der Waals surface area contributed by atoms with Gasteiger partial charge in [0.2, 0.25) is 0 Å². The summed E-state index contributed by atoms with van der Waals surface area (Å²) in [6.07, 6.45) is 1.47. The fraction of sp³-hybridized carbons (Fsp3) is 0.636. The molecule has 3 unspecified atom stereocenters. The van der Waals surface area contributed by atoms with Gasteiger partial charge in [0.05, 0.1) is 18.1 Å². The van der Waals surface area contributed by atoms with Crippen LogP contribution >= 0.6 is 22.9 Å². The molecule has 0 N–H and O–H groups in total. The molecule has 0 radical (unpaired) electrons. The summed E-state index contributed by atoms with van der Waals surface area (Å²) >= 11 is 8.22. The van der Waals surface area contributed by atoms with Gasteiger partial charge in [0.15, 0.2) is 0 Å². The van der Waals surface area contributed by atoms with E-state index >= 15 is 0 Å². The summed E-state index contributed by atoms with van der Waals surface area (Å²) in [6, 6.07) is 4.27. The van der Waals surface area contributed by atoms with E-state index in [1.54, 1.807) is 11.3 Å². The van der Waals surface area contributed by atoms with Gasteiger partial charge in [0, 0.05) is 15.7 Å². The fourth-order valence-electron chi connectivity index (χ4n) is 1.89. The van der Waals surface area contributed by atoms with Crippen LogP contribution < -0.4 is 0 Å². The lowest BCUT2D eigenvalue weighted by molar-refractivity contribution is 0.120. The van der Waals surface area contributed by atoms with E-state index in [0.717, 1.165) is 13.0 Å². The third kappa shape index (κ3) is 2.13. The van der Waals surface area contributed by atoms with Crippen LogP contribution in [0, 0.1) is 12.8 Å². The first-order valence-electron chi connectivity index (χ1n) is 4.99. The van der Waals surface area contributed by atoms with Crippen LogP contribution in [0.5, 0.6) is 0 Å². The predicted octanol–water partition coefficient (Wildman–Crippen LogP) is 3.76. The molecule has 0 aliphatic carbocycles. The highest BCUT2D eigenvalue weighted by Gasteiger charge is 2.29. The Labute approximate surface area is 94.0 Å². The van der Waals surface area contributed by atoms with Crippen molar-refractivity contribution >= 4 is 22.9 Å². The minimum absolute atomic E-state index is 0.138. The second-order valence-electron chi connectivity index (χ2n) is 3.99. The highest BCUT2D eigenvalue weighted by atomic mass is 35.5. The Morgan fingerprint density at radius 1 is 1.57 bits per heavy atom. The highest BCUT2D eigenvalue weighted by Crippen LogP contribution is 2.39. The molecular weight excluding hydrogens is 216 g/mol. The van der Waals surface area contributed by atoms with Gasteiger partial charge in [-0.2, -0.15) is 0 Å². The van der Waals surface area contributed by atoms with Crippen LogP contribution in [0.2, 0.25) is 0 Å². The zero-order valence-corrected chi connectivity index (χ0v) is 10.1. The third-order valence-electron chi connectivity index (χ3n) is 2.68. The molecule has 0 amide bonds. The Hall–Kier alpha value is -0.0500. The molecule has 1 aromatic rings. The number of thiophene rings is 1. The molecule has 1 fully saturated rings. The van der Waals surface area contributed by atoms with Crippen molar-refractivity contribution < 1.29 is 4.74 Å². The van der Waals surface area contributed by atoms with Gasteiger partial charge in [-0.3, -0.25) is 0 Å². The number of rotatable bonds is 2. The number of alkyl halides is 1. The molecule has 1 aromatic heterocycles. The Kier molecular flexibility index (Phi) is 3.15. The summed E-state index contributed by atoms with van der Waals surface area (Å²) in [4.78, 5) is 2.62. The van der Waals surface area contributed by atoms with Crippen molar-refractivity contribution in [3.05, 3.63) is 21.9 Å². The largest absolute Gasteiger partial charge is 0.378 e. The van der Waals surface area contributed by atoms with Crippen molar-refractivity contribution in [3.63, 3.8) is 0 Å². The quantitative estimate of drug-likeness (QED) is 0.703. The van der Waals surface area contributed by atoms with Crippen LogP contribution in [0.4, 0.5) is 0 Å². The average Bonchev–Trinajstić information content (AvgIpc) is 2.73. The maximum Gasteiger partial charge on any atom is 0.0729 e. The van der Waals surface area contributed by atoms with Gasteiger partial charge < -0.3 is 4.74 Å². The molecule has 0 saturated carbocycles. The van der Waals surface area contributed by atoms with E-state index in [9.17, 15) is 0 Å². The molecule has 0 bridgehead atoms. The minimum atomic E-state index is 0.138. The van der Waals surface area contributed by atoms with Gasteiger partial charge >= 0.3 is 0 Å². The maximum absolute atomic E-state index is 6.42. The van der Waals surface area contributed by atoms with Crippen LogP contribution in [0.25, 0.3) is 0 Å². The van der Waals surface area contributed by atoms with Crippen molar-refractivity contribution in [3.8, 4) is 0 Å². The lowest BCUT2D eigenvalue weighted by Crippen LogP contribution is -2.06. The van der Waals surface area contributed by atoms with E-state index < -0.39 is 0 Å². The zero-order chi connectivity index (χ0) is 10.1. The Balaban J connectivity index is 2.05. The lowest BCUT2D eigenvalue weighted by Gasteiger charge is -2.13. The normalized spacial score (nSPS) is 29.4. The Morgan fingerprint density at radius 3 is 2.86 bits per heavy atom. The van der Waals surface area contributed by atoms with Crippen LogP contribution in [0.3, 0.4) is 0 Å². The molecule has 3 heteroatoms. The fourth-order valence-corrected chi connectivity index (χ4v) is 3.22. The molecule has 1 nitrogen and oxygen atoms in total. The summed E-state index contributed by atoms with van der Waals surface area (Å²) in [5, 5.41) is 0.138. The summed E-state index contributed by atoms with van der Waals surface area (Å²) in [5.41, 5.74) is 0.